The summed E-state index contributed by atoms with van der Waals surface area (Å²) in [6.45, 7) is 5.06. The van der Waals surface area contributed by atoms with Crippen LogP contribution in [0.3, 0.4) is 0 Å². The molecule has 0 bridgehead atoms. The number of ether oxygens (including phenoxy) is 1. The monoisotopic (exact) mass is 419 g/mol. The number of rotatable bonds is 10. The average Bonchev–Trinajstić information content (AvgIpc) is 2.79. The van der Waals surface area contributed by atoms with Crippen molar-refractivity contribution < 1.29 is 13.9 Å². The zero-order chi connectivity index (χ0) is 22.1. The summed E-state index contributed by atoms with van der Waals surface area (Å²) < 4.78 is 20.9. The lowest BCUT2D eigenvalue weighted by Gasteiger charge is -2.36. The smallest absolute Gasteiger partial charge is 0.342 e. The Balaban J connectivity index is 1.78. The lowest BCUT2D eigenvalue weighted by Crippen LogP contribution is -2.48. The fourth-order valence-electron chi connectivity index (χ4n) is 3.79. The van der Waals surface area contributed by atoms with Crippen LogP contribution in [-0.4, -0.2) is 23.1 Å². The largest absolute Gasteiger partial charge is 0.459 e. The predicted octanol–water partition coefficient (Wildman–Crippen LogP) is 5.79. The first-order chi connectivity index (χ1) is 15.0. The van der Waals surface area contributed by atoms with Crippen molar-refractivity contribution in [2.75, 3.05) is 0 Å². The number of alkyl halides is 1. The van der Waals surface area contributed by atoms with Gasteiger partial charge in [0, 0.05) is 13.1 Å². The van der Waals surface area contributed by atoms with Gasteiger partial charge in [0.15, 0.2) is 0 Å². The molecule has 0 saturated heterocycles. The number of halogens is 1. The molecule has 0 spiro atoms. The van der Waals surface area contributed by atoms with Crippen LogP contribution in [0.4, 0.5) is 4.39 Å². The molecule has 31 heavy (non-hydrogen) atoms. The Morgan fingerprint density at radius 3 is 1.61 bits per heavy atom. The van der Waals surface area contributed by atoms with Gasteiger partial charge in [-0.2, -0.15) is 0 Å². The first-order valence-corrected chi connectivity index (χ1v) is 10.7. The molecule has 0 heterocycles. The third-order valence-electron chi connectivity index (χ3n) is 5.31. The van der Waals surface area contributed by atoms with Crippen LogP contribution in [0, 0.1) is 5.92 Å². The standard InChI is InChI=1S/C27H30FNO2/c1-21(2)26(25(28)27(30)31-20-24-16-10-5-11-17-24)29(18-22-12-6-3-7-13-22)19-23-14-8-4-9-15-23/h3-17,21,25-26H,18-20H2,1-2H3/t25-,26-/m0/s1. The third kappa shape index (κ3) is 6.76. The first-order valence-electron chi connectivity index (χ1n) is 10.7. The molecule has 3 nitrogen and oxygen atoms in total. The lowest BCUT2D eigenvalue weighted by molar-refractivity contribution is -0.155. The van der Waals surface area contributed by atoms with Crippen molar-refractivity contribution in [3.8, 4) is 0 Å². The highest BCUT2D eigenvalue weighted by Gasteiger charge is 2.36. The second-order valence-electron chi connectivity index (χ2n) is 8.11. The van der Waals surface area contributed by atoms with Crippen molar-refractivity contribution in [2.24, 2.45) is 5.92 Å². The molecule has 0 unspecified atom stereocenters. The van der Waals surface area contributed by atoms with Crippen molar-refractivity contribution >= 4 is 5.97 Å². The van der Waals surface area contributed by atoms with Gasteiger partial charge in [-0.3, -0.25) is 4.90 Å². The topological polar surface area (TPSA) is 29.5 Å². The van der Waals surface area contributed by atoms with E-state index in [1.54, 1.807) is 0 Å². The Morgan fingerprint density at radius 1 is 0.774 bits per heavy atom. The molecule has 3 aromatic rings. The second-order valence-corrected chi connectivity index (χ2v) is 8.11. The van der Waals surface area contributed by atoms with Gasteiger partial charge in [0.05, 0.1) is 6.04 Å². The molecule has 0 aromatic heterocycles. The number of nitrogens with zero attached hydrogens (tertiary/aromatic N) is 1. The van der Waals surface area contributed by atoms with Crippen LogP contribution < -0.4 is 0 Å². The van der Waals surface area contributed by atoms with Crippen LogP contribution >= 0.6 is 0 Å². The highest BCUT2D eigenvalue weighted by molar-refractivity contribution is 5.75. The summed E-state index contributed by atoms with van der Waals surface area (Å²) in [6.07, 6.45) is -1.74. The van der Waals surface area contributed by atoms with Crippen molar-refractivity contribution in [1.29, 1.82) is 0 Å². The van der Waals surface area contributed by atoms with Crippen LogP contribution in [0.25, 0.3) is 0 Å². The summed E-state index contributed by atoms with van der Waals surface area (Å²) in [5.41, 5.74) is 3.00. The van der Waals surface area contributed by atoms with Gasteiger partial charge < -0.3 is 4.74 Å². The van der Waals surface area contributed by atoms with Gasteiger partial charge in [0.2, 0.25) is 6.17 Å². The molecule has 0 amide bonds. The van der Waals surface area contributed by atoms with Crippen LogP contribution in [0.15, 0.2) is 91.0 Å². The fourth-order valence-corrected chi connectivity index (χ4v) is 3.79. The molecule has 0 aliphatic carbocycles. The van der Waals surface area contributed by atoms with Gasteiger partial charge in [0.1, 0.15) is 6.61 Å². The summed E-state index contributed by atoms with van der Waals surface area (Å²) >= 11 is 0. The second kappa shape index (κ2) is 11.4. The summed E-state index contributed by atoms with van der Waals surface area (Å²) in [4.78, 5) is 14.7. The van der Waals surface area contributed by atoms with Gasteiger partial charge in [0.25, 0.3) is 0 Å². The van der Waals surface area contributed by atoms with E-state index in [1.807, 2.05) is 110 Å². The molecular weight excluding hydrogens is 389 g/mol. The quantitative estimate of drug-likeness (QED) is 0.389. The number of carbonyl (C=O) groups excluding carboxylic acids is 1. The maximum atomic E-state index is 15.6. The molecule has 0 aliphatic heterocycles. The van der Waals surface area contributed by atoms with Crippen molar-refractivity contribution in [3.63, 3.8) is 0 Å². The van der Waals surface area contributed by atoms with Gasteiger partial charge in [-0.05, 0) is 22.6 Å². The summed E-state index contributed by atoms with van der Waals surface area (Å²) in [5, 5.41) is 0. The van der Waals surface area contributed by atoms with E-state index in [1.165, 1.54) is 0 Å². The molecule has 162 valence electrons. The number of hydrogen-bond acceptors (Lipinski definition) is 3. The maximum absolute atomic E-state index is 15.6. The summed E-state index contributed by atoms with van der Waals surface area (Å²) in [7, 11) is 0. The number of benzene rings is 3. The molecule has 4 heteroatoms. The lowest BCUT2D eigenvalue weighted by atomic mass is 9.96. The SMILES string of the molecule is CC(C)[C@@H]([C@H](F)C(=O)OCc1ccccc1)N(Cc1ccccc1)Cc1ccccc1. The number of carbonyl (C=O) groups is 1. The van der Waals surface area contributed by atoms with E-state index < -0.39 is 18.2 Å². The summed E-state index contributed by atoms with van der Waals surface area (Å²) in [6, 6.07) is 28.7. The van der Waals surface area contributed by atoms with E-state index >= 15 is 4.39 Å². The molecule has 0 saturated carbocycles. The van der Waals surface area contributed by atoms with Crippen LogP contribution in [-0.2, 0) is 29.2 Å². The highest BCUT2D eigenvalue weighted by atomic mass is 19.1. The minimum Gasteiger partial charge on any atom is -0.459 e. The molecule has 3 aromatic carbocycles. The maximum Gasteiger partial charge on any atom is 0.342 e. The van der Waals surface area contributed by atoms with Crippen LogP contribution in [0.5, 0.6) is 0 Å². The van der Waals surface area contributed by atoms with E-state index in [0.29, 0.717) is 13.1 Å². The Hall–Kier alpha value is -2.98. The minimum absolute atomic E-state index is 0.0717. The van der Waals surface area contributed by atoms with Gasteiger partial charge in [-0.1, -0.05) is 105 Å². The highest BCUT2D eigenvalue weighted by Crippen LogP contribution is 2.24. The van der Waals surface area contributed by atoms with E-state index in [0.717, 1.165) is 16.7 Å². The van der Waals surface area contributed by atoms with Gasteiger partial charge in [-0.15, -0.1) is 0 Å². The molecule has 0 N–H and O–H groups in total. The predicted molar refractivity (Wildman–Crippen MR) is 122 cm³/mol. The molecule has 0 aliphatic rings. The molecule has 2 atom stereocenters. The molecule has 0 fully saturated rings. The van der Waals surface area contributed by atoms with E-state index in [9.17, 15) is 4.79 Å². The normalized spacial score (nSPS) is 13.2. The average molecular weight is 420 g/mol. The van der Waals surface area contributed by atoms with Crippen LogP contribution in [0.1, 0.15) is 30.5 Å². The van der Waals surface area contributed by atoms with Crippen molar-refractivity contribution in [2.45, 2.75) is 45.8 Å². The zero-order valence-corrected chi connectivity index (χ0v) is 18.2. The Kier molecular flexibility index (Phi) is 8.36. The van der Waals surface area contributed by atoms with Gasteiger partial charge >= 0.3 is 5.97 Å². The number of esters is 1. The Morgan fingerprint density at radius 2 is 1.19 bits per heavy atom. The summed E-state index contributed by atoms with van der Waals surface area (Å²) in [5.74, 6) is -0.889. The van der Waals surface area contributed by atoms with E-state index in [-0.39, 0.29) is 12.5 Å². The third-order valence-corrected chi connectivity index (χ3v) is 5.31. The molecule has 3 rings (SSSR count). The first kappa shape index (κ1) is 22.7. The minimum atomic E-state index is -1.74. The van der Waals surface area contributed by atoms with Gasteiger partial charge in [-0.25, -0.2) is 9.18 Å². The van der Waals surface area contributed by atoms with Crippen LogP contribution in [0.2, 0.25) is 0 Å². The Bertz CT molecular complexity index is 874. The van der Waals surface area contributed by atoms with Crippen molar-refractivity contribution in [1.82, 2.24) is 4.90 Å². The Labute approximate surface area is 184 Å². The zero-order valence-electron chi connectivity index (χ0n) is 18.2. The van der Waals surface area contributed by atoms with E-state index in [2.05, 4.69) is 0 Å². The van der Waals surface area contributed by atoms with E-state index in [4.69, 9.17) is 4.74 Å². The fraction of sp³-hybridized carbons (Fsp3) is 0.296. The van der Waals surface area contributed by atoms with Crippen molar-refractivity contribution in [3.05, 3.63) is 108 Å². The molecule has 0 radical (unpaired) electrons. The molecular formula is C27H30FNO2. The number of hydrogen-bond donors (Lipinski definition) is 0.